The zero-order chi connectivity index (χ0) is 11.2. The van der Waals surface area contributed by atoms with Crippen LogP contribution in [-0.4, -0.2) is 21.7 Å². The molecule has 5 nitrogen and oxygen atoms in total. The minimum Gasteiger partial charge on any atom is -0.481 e. The third-order valence-electron chi connectivity index (χ3n) is 2.07. The van der Waals surface area contributed by atoms with Crippen LogP contribution in [0.2, 0.25) is 0 Å². The average Bonchev–Trinajstić information content (AvgIpc) is 2.83. The molecule has 0 spiro atoms. The Morgan fingerprint density at radius 3 is 3.12 bits per heavy atom. The van der Waals surface area contributed by atoms with Gasteiger partial charge >= 0.3 is 0 Å². The van der Waals surface area contributed by atoms with E-state index in [-0.39, 0.29) is 0 Å². The summed E-state index contributed by atoms with van der Waals surface area (Å²) in [6, 6.07) is 3.88. The lowest BCUT2D eigenvalue weighted by atomic mass is 10.2. The highest BCUT2D eigenvalue weighted by Gasteiger charge is 2.02. The molecule has 0 aliphatic rings. The van der Waals surface area contributed by atoms with Gasteiger partial charge in [-0.25, -0.2) is 4.98 Å². The SMILES string of the molecule is COc1ncccc1CNCc1csnn1. The summed E-state index contributed by atoms with van der Waals surface area (Å²) in [7, 11) is 1.62. The predicted molar refractivity (Wildman–Crippen MR) is 61.2 cm³/mol. The van der Waals surface area contributed by atoms with E-state index in [0.29, 0.717) is 19.0 Å². The Balaban J connectivity index is 1.89. The third-order valence-corrected chi connectivity index (χ3v) is 2.62. The summed E-state index contributed by atoms with van der Waals surface area (Å²) in [6.07, 6.45) is 1.71. The van der Waals surface area contributed by atoms with Crippen LogP contribution in [-0.2, 0) is 13.1 Å². The molecule has 0 aliphatic heterocycles. The highest BCUT2D eigenvalue weighted by atomic mass is 32.1. The summed E-state index contributed by atoms with van der Waals surface area (Å²) < 4.78 is 8.95. The van der Waals surface area contributed by atoms with Gasteiger partial charge in [0.1, 0.15) is 0 Å². The molecule has 1 N–H and O–H groups in total. The van der Waals surface area contributed by atoms with Gasteiger partial charge in [-0.1, -0.05) is 10.6 Å². The zero-order valence-corrected chi connectivity index (χ0v) is 9.70. The first kappa shape index (κ1) is 11.0. The van der Waals surface area contributed by atoms with E-state index < -0.39 is 0 Å². The molecular formula is C10H12N4OS. The van der Waals surface area contributed by atoms with Gasteiger partial charge in [-0.05, 0) is 17.6 Å². The van der Waals surface area contributed by atoms with Crippen molar-refractivity contribution in [3.8, 4) is 5.88 Å². The Morgan fingerprint density at radius 1 is 1.44 bits per heavy atom. The van der Waals surface area contributed by atoms with Gasteiger partial charge in [0.05, 0.1) is 12.8 Å². The van der Waals surface area contributed by atoms with Crippen LogP contribution in [0.25, 0.3) is 0 Å². The van der Waals surface area contributed by atoms with E-state index >= 15 is 0 Å². The Labute approximate surface area is 97.7 Å². The predicted octanol–water partition coefficient (Wildman–Crippen LogP) is 1.23. The van der Waals surface area contributed by atoms with Crippen LogP contribution in [0.15, 0.2) is 23.7 Å². The Morgan fingerprint density at radius 2 is 2.38 bits per heavy atom. The highest BCUT2D eigenvalue weighted by Crippen LogP contribution is 2.12. The Bertz CT molecular complexity index is 432. The molecule has 2 heterocycles. The summed E-state index contributed by atoms with van der Waals surface area (Å²) in [4.78, 5) is 4.12. The van der Waals surface area contributed by atoms with Crippen LogP contribution < -0.4 is 10.1 Å². The van der Waals surface area contributed by atoms with E-state index in [1.807, 2.05) is 17.5 Å². The van der Waals surface area contributed by atoms with Crippen molar-refractivity contribution >= 4 is 11.5 Å². The van der Waals surface area contributed by atoms with Crippen LogP contribution in [0.1, 0.15) is 11.3 Å². The Kier molecular flexibility index (Phi) is 3.79. The van der Waals surface area contributed by atoms with Crippen molar-refractivity contribution in [2.24, 2.45) is 0 Å². The van der Waals surface area contributed by atoms with Gasteiger partial charge in [0.2, 0.25) is 5.88 Å². The van der Waals surface area contributed by atoms with Crippen molar-refractivity contribution in [3.63, 3.8) is 0 Å². The maximum absolute atomic E-state index is 5.16. The lowest BCUT2D eigenvalue weighted by molar-refractivity contribution is 0.390. The normalized spacial score (nSPS) is 10.3. The molecule has 6 heteroatoms. The smallest absolute Gasteiger partial charge is 0.217 e. The van der Waals surface area contributed by atoms with Crippen LogP contribution in [0.3, 0.4) is 0 Å². The summed E-state index contributed by atoms with van der Waals surface area (Å²) in [6.45, 7) is 1.41. The monoisotopic (exact) mass is 236 g/mol. The molecule has 0 bridgehead atoms. The van der Waals surface area contributed by atoms with Gasteiger partial charge in [-0.3, -0.25) is 0 Å². The number of rotatable bonds is 5. The van der Waals surface area contributed by atoms with Gasteiger partial charge in [-0.15, -0.1) is 5.10 Å². The standard InChI is InChI=1S/C10H12N4OS/c1-15-10-8(3-2-4-12-10)5-11-6-9-7-16-14-13-9/h2-4,7,11H,5-6H2,1H3. The maximum Gasteiger partial charge on any atom is 0.217 e. The van der Waals surface area contributed by atoms with Gasteiger partial charge in [0.15, 0.2) is 0 Å². The molecule has 2 rings (SSSR count). The van der Waals surface area contributed by atoms with Crippen LogP contribution in [0.4, 0.5) is 0 Å². The topological polar surface area (TPSA) is 59.9 Å². The summed E-state index contributed by atoms with van der Waals surface area (Å²) in [5.41, 5.74) is 1.99. The van der Waals surface area contributed by atoms with Crippen LogP contribution in [0, 0.1) is 0 Å². The van der Waals surface area contributed by atoms with E-state index in [9.17, 15) is 0 Å². The maximum atomic E-state index is 5.16. The second-order valence-electron chi connectivity index (χ2n) is 3.17. The lowest BCUT2D eigenvalue weighted by Crippen LogP contribution is -2.14. The van der Waals surface area contributed by atoms with E-state index in [0.717, 1.165) is 11.3 Å². The fourth-order valence-corrected chi connectivity index (χ4v) is 1.78. The summed E-state index contributed by atoms with van der Waals surface area (Å²) in [5, 5.41) is 9.14. The van der Waals surface area contributed by atoms with Crippen molar-refractivity contribution in [1.82, 2.24) is 19.9 Å². The van der Waals surface area contributed by atoms with Gasteiger partial charge in [0.25, 0.3) is 0 Å². The number of methoxy groups -OCH3 is 1. The minimum absolute atomic E-state index is 0.659. The molecule has 84 valence electrons. The first-order valence-corrected chi connectivity index (χ1v) is 5.68. The Hall–Kier alpha value is -1.53. The number of aromatic nitrogens is 3. The largest absolute Gasteiger partial charge is 0.481 e. The van der Waals surface area contributed by atoms with Crippen LogP contribution in [0.5, 0.6) is 5.88 Å². The highest BCUT2D eigenvalue weighted by molar-refractivity contribution is 7.03. The molecule has 0 unspecified atom stereocenters. The molecule has 0 radical (unpaired) electrons. The van der Waals surface area contributed by atoms with E-state index in [2.05, 4.69) is 19.9 Å². The van der Waals surface area contributed by atoms with Crippen molar-refractivity contribution < 1.29 is 4.74 Å². The number of pyridine rings is 1. The van der Waals surface area contributed by atoms with E-state index in [1.54, 1.807) is 13.3 Å². The number of ether oxygens (including phenoxy) is 1. The van der Waals surface area contributed by atoms with Crippen molar-refractivity contribution in [1.29, 1.82) is 0 Å². The quantitative estimate of drug-likeness (QED) is 0.846. The van der Waals surface area contributed by atoms with Crippen LogP contribution >= 0.6 is 11.5 Å². The second-order valence-corrected chi connectivity index (χ2v) is 3.78. The zero-order valence-electron chi connectivity index (χ0n) is 8.88. The second kappa shape index (κ2) is 5.53. The molecular weight excluding hydrogens is 224 g/mol. The van der Waals surface area contributed by atoms with Crippen molar-refractivity contribution in [3.05, 3.63) is 35.0 Å². The van der Waals surface area contributed by atoms with Crippen molar-refractivity contribution in [2.45, 2.75) is 13.1 Å². The average molecular weight is 236 g/mol. The molecule has 0 aliphatic carbocycles. The van der Waals surface area contributed by atoms with E-state index in [1.165, 1.54) is 11.5 Å². The molecule has 2 aromatic rings. The van der Waals surface area contributed by atoms with E-state index in [4.69, 9.17) is 4.74 Å². The number of nitrogens with zero attached hydrogens (tertiary/aromatic N) is 3. The lowest BCUT2D eigenvalue weighted by Gasteiger charge is -2.06. The van der Waals surface area contributed by atoms with Gasteiger partial charge < -0.3 is 10.1 Å². The van der Waals surface area contributed by atoms with Gasteiger partial charge in [0, 0.05) is 30.2 Å². The molecule has 0 saturated heterocycles. The summed E-state index contributed by atoms with van der Waals surface area (Å²) in [5.74, 6) is 0.659. The minimum atomic E-state index is 0.659. The number of hydrogen-bond donors (Lipinski definition) is 1. The molecule has 0 aromatic carbocycles. The number of hydrogen-bond acceptors (Lipinski definition) is 6. The fourth-order valence-electron chi connectivity index (χ4n) is 1.33. The fraction of sp³-hybridized carbons (Fsp3) is 0.300. The third kappa shape index (κ3) is 2.74. The molecule has 0 fully saturated rings. The van der Waals surface area contributed by atoms with Gasteiger partial charge in [-0.2, -0.15) is 0 Å². The first-order chi connectivity index (χ1) is 7.90. The molecule has 2 aromatic heterocycles. The molecule has 16 heavy (non-hydrogen) atoms. The summed E-state index contributed by atoms with van der Waals surface area (Å²) >= 11 is 1.36. The van der Waals surface area contributed by atoms with Crippen molar-refractivity contribution in [2.75, 3.05) is 7.11 Å². The molecule has 0 amide bonds. The number of nitrogens with one attached hydrogen (secondary N) is 1. The first-order valence-electron chi connectivity index (χ1n) is 4.84. The molecule has 0 atom stereocenters. The molecule has 0 saturated carbocycles.